The molecule has 8 rings (SSSR count). The minimum atomic E-state index is -0.416. The molecule has 1 aliphatic rings. The highest BCUT2D eigenvalue weighted by Gasteiger charge is 2.51. The van der Waals surface area contributed by atoms with Gasteiger partial charge in [-0.3, -0.25) is 4.98 Å². The third-order valence-electron chi connectivity index (χ3n) is 9.24. The Kier molecular flexibility index (Phi) is 5.71. The van der Waals surface area contributed by atoms with Crippen LogP contribution in [-0.2, 0) is 9.31 Å². The molecular weight excluding hydrogens is 529 g/mol. The van der Waals surface area contributed by atoms with Gasteiger partial charge in [0, 0.05) is 45.5 Å². The predicted octanol–water partition coefficient (Wildman–Crippen LogP) is 8.09. The molecule has 0 N–H and O–H groups in total. The van der Waals surface area contributed by atoms with Crippen LogP contribution in [0.2, 0.25) is 0 Å². The van der Waals surface area contributed by atoms with Gasteiger partial charge >= 0.3 is 7.12 Å². The fourth-order valence-electron chi connectivity index (χ4n) is 6.29. The fraction of sp³-hybridized carbons (Fsp3) is 0.162. The van der Waals surface area contributed by atoms with E-state index in [1.54, 1.807) is 0 Å². The summed E-state index contributed by atoms with van der Waals surface area (Å²) >= 11 is 0. The first kappa shape index (κ1) is 26.0. The Morgan fingerprint density at radius 3 is 2.14 bits per heavy atom. The second kappa shape index (κ2) is 9.43. The Morgan fingerprint density at radius 1 is 0.628 bits per heavy atom. The Bertz CT molecular complexity index is 2130. The van der Waals surface area contributed by atoms with E-state index < -0.39 is 18.3 Å². The van der Waals surface area contributed by atoms with Crippen LogP contribution in [0, 0.1) is 0 Å². The largest absolute Gasteiger partial charge is 0.494 e. The molecule has 3 aromatic heterocycles. The first-order chi connectivity index (χ1) is 20.8. The number of hydrogen-bond acceptors (Lipinski definition) is 3. The van der Waals surface area contributed by atoms with Crippen molar-refractivity contribution < 1.29 is 9.31 Å². The summed E-state index contributed by atoms with van der Waals surface area (Å²) in [5.41, 5.74) is 8.01. The number of para-hydroxylation sites is 1. The summed E-state index contributed by atoms with van der Waals surface area (Å²) in [6.07, 6.45) is 4.01. The van der Waals surface area contributed by atoms with E-state index in [0.29, 0.717) is 0 Å². The maximum Gasteiger partial charge on any atom is 0.494 e. The first-order valence-corrected chi connectivity index (χ1v) is 14.8. The molecule has 210 valence electrons. The molecule has 0 atom stereocenters. The Morgan fingerprint density at radius 2 is 1.37 bits per heavy atom. The molecule has 1 saturated heterocycles. The molecule has 6 heteroatoms. The Balaban J connectivity index is 1.34. The van der Waals surface area contributed by atoms with Gasteiger partial charge in [0.25, 0.3) is 0 Å². The third kappa shape index (κ3) is 4.05. The third-order valence-corrected chi connectivity index (χ3v) is 9.24. The lowest BCUT2D eigenvalue weighted by Gasteiger charge is -2.32. The maximum absolute atomic E-state index is 6.43. The molecule has 0 bridgehead atoms. The standard InChI is InChI=1S/C37H32BN3O2/c1-36(2)37(3,4)43-38(42-36)26-16-18-34-31(24-26)29-17-19-33-30(35(29)41(34)27-12-6-5-7-13-27)20-22-40(33)28-14-10-11-25(23-28)32-15-8-9-21-39-32/h5-24H,1-4H3. The van der Waals surface area contributed by atoms with Crippen molar-refractivity contribution in [3.05, 3.63) is 122 Å². The van der Waals surface area contributed by atoms with Gasteiger partial charge < -0.3 is 18.4 Å². The number of aromatic nitrogens is 3. The second-order valence-corrected chi connectivity index (χ2v) is 12.4. The molecular formula is C37H32BN3O2. The van der Waals surface area contributed by atoms with E-state index in [-0.39, 0.29) is 0 Å². The summed E-state index contributed by atoms with van der Waals surface area (Å²) in [5, 5.41) is 3.57. The van der Waals surface area contributed by atoms with Crippen LogP contribution in [-0.4, -0.2) is 32.4 Å². The molecule has 0 saturated carbocycles. The summed E-state index contributed by atoms with van der Waals surface area (Å²) in [7, 11) is -0.416. The molecule has 0 unspecified atom stereocenters. The van der Waals surface area contributed by atoms with Crippen molar-refractivity contribution in [2.75, 3.05) is 0 Å². The minimum Gasteiger partial charge on any atom is -0.399 e. The number of nitrogens with zero attached hydrogens (tertiary/aromatic N) is 3. The summed E-state index contributed by atoms with van der Waals surface area (Å²) in [6, 6.07) is 38.5. The van der Waals surface area contributed by atoms with Crippen LogP contribution >= 0.6 is 0 Å². The monoisotopic (exact) mass is 561 g/mol. The van der Waals surface area contributed by atoms with E-state index in [0.717, 1.165) is 39.1 Å². The zero-order valence-corrected chi connectivity index (χ0v) is 24.8. The molecule has 1 aliphatic heterocycles. The zero-order chi connectivity index (χ0) is 29.3. The number of fused-ring (bicyclic) bond motifs is 5. The van der Waals surface area contributed by atoms with Gasteiger partial charge in [-0.1, -0.05) is 54.6 Å². The second-order valence-electron chi connectivity index (χ2n) is 12.4. The molecule has 4 aromatic carbocycles. The van der Waals surface area contributed by atoms with Crippen molar-refractivity contribution in [1.29, 1.82) is 0 Å². The van der Waals surface area contributed by atoms with Crippen LogP contribution in [0.15, 0.2) is 122 Å². The topological polar surface area (TPSA) is 41.2 Å². The van der Waals surface area contributed by atoms with Crippen LogP contribution in [0.1, 0.15) is 27.7 Å². The molecule has 7 aromatic rings. The minimum absolute atomic E-state index is 0.395. The van der Waals surface area contributed by atoms with Gasteiger partial charge in [0.15, 0.2) is 0 Å². The number of rotatable bonds is 4. The van der Waals surface area contributed by atoms with Crippen molar-refractivity contribution in [2.24, 2.45) is 0 Å². The van der Waals surface area contributed by atoms with Crippen LogP contribution in [0.25, 0.3) is 55.3 Å². The van der Waals surface area contributed by atoms with Crippen LogP contribution < -0.4 is 5.46 Å². The lowest BCUT2D eigenvalue weighted by molar-refractivity contribution is 0.00578. The van der Waals surface area contributed by atoms with Gasteiger partial charge in [0.1, 0.15) is 0 Å². The van der Waals surface area contributed by atoms with Crippen LogP contribution in [0.4, 0.5) is 0 Å². The summed E-state index contributed by atoms with van der Waals surface area (Å²) < 4.78 is 17.5. The number of benzene rings is 4. The normalized spacial score (nSPS) is 16.0. The van der Waals surface area contributed by atoms with Gasteiger partial charge in [0.05, 0.1) is 33.4 Å². The van der Waals surface area contributed by atoms with E-state index >= 15 is 0 Å². The summed E-state index contributed by atoms with van der Waals surface area (Å²) in [5.74, 6) is 0. The van der Waals surface area contributed by atoms with Crippen molar-refractivity contribution in [1.82, 2.24) is 14.1 Å². The van der Waals surface area contributed by atoms with Gasteiger partial charge in [-0.2, -0.15) is 0 Å². The van der Waals surface area contributed by atoms with E-state index in [1.165, 1.54) is 21.7 Å². The van der Waals surface area contributed by atoms with Crippen LogP contribution in [0.3, 0.4) is 0 Å². The molecule has 43 heavy (non-hydrogen) atoms. The van der Waals surface area contributed by atoms with Crippen LogP contribution in [0.5, 0.6) is 0 Å². The predicted molar refractivity (Wildman–Crippen MR) is 177 cm³/mol. The first-order valence-electron chi connectivity index (χ1n) is 14.8. The van der Waals surface area contributed by atoms with E-state index in [4.69, 9.17) is 9.31 Å². The molecule has 1 fully saturated rings. The van der Waals surface area contributed by atoms with Gasteiger partial charge in [-0.25, -0.2) is 0 Å². The molecule has 0 radical (unpaired) electrons. The van der Waals surface area contributed by atoms with Gasteiger partial charge in [0.2, 0.25) is 0 Å². The van der Waals surface area contributed by atoms with E-state index in [2.05, 4.69) is 139 Å². The summed E-state index contributed by atoms with van der Waals surface area (Å²) in [6.45, 7) is 8.39. The van der Waals surface area contributed by atoms with Crippen molar-refractivity contribution in [3.63, 3.8) is 0 Å². The molecule has 0 amide bonds. The van der Waals surface area contributed by atoms with Crippen molar-refractivity contribution >= 4 is 45.3 Å². The highest BCUT2D eigenvalue weighted by Crippen LogP contribution is 2.39. The molecule has 0 aliphatic carbocycles. The summed E-state index contributed by atoms with van der Waals surface area (Å²) in [4.78, 5) is 4.57. The zero-order valence-electron chi connectivity index (χ0n) is 24.8. The highest BCUT2D eigenvalue weighted by molar-refractivity contribution is 6.62. The number of pyridine rings is 1. The number of hydrogen-bond donors (Lipinski definition) is 0. The lowest BCUT2D eigenvalue weighted by Crippen LogP contribution is -2.41. The molecule has 4 heterocycles. The SMILES string of the molecule is CC1(C)OB(c2ccc3c(c2)c2ccc4c(ccn4-c4cccc(-c5ccccn5)c4)c2n3-c2ccccc2)OC1(C)C. The van der Waals surface area contributed by atoms with E-state index in [9.17, 15) is 0 Å². The average Bonchev–Trinajstić information content (AvgIpc) is 3.67. The Labute approximate surface area is 251 Å². The molecule has 0 spiro atoms. The average molecular weight is 561 g/mol. The maximum atomic E-state index is 6.43. The highest BCUT2D eigenvalue weighted by atomic mass is 16.7. The quantitative estimate of drug-likeness (QED) is 0.204. The smallest absolute Gasteiger partial charge is 0.399 e. The lowest BCUT2D eigenvalue weighted by atomic mass is 9.78. The van der Waals surface area contributed by atoms with Crippen molar-refractivity contribution in [2.45, 2.75) is 38.9 Å². The van der Waals surface area contributed by atoms with E-state index in [1.807, 2.05) is 24.4 Å². The van der Waals surface area contributed by atoms with Crippen molar-refractivity contribution in [3.8, 4) is 22.6 Å². The Hall–Kier alpha value is -4.65. The van der Waals surface area contributed by atoms with Gasteiger partial charge in [-0.05, 0) is 87.8 Å². The fourth-order valence-corrected chi connectivity index (χ4v) is 6.29. The molecule has 5 nitrogen and oxygen atoms in total. The van der Waals surface area contributed by atoms with Gasteiger partial charge in [-0.15, -0.1) is 0 Å².